The molecule has 0 spiro atoms. The maximum absolute atomic E-state index is 8.52. The Hall–Kier alpha value is 0.510. The lowest BCUT2D eigenvalue weighted by Crippen LogP contribution is -2.12. The van der Waals surface area contributed by atoms with Gasteiger partial charge < -0.3 is 0 Å². The fourth-order valence-corrected chi connectivity index (χ4v) is 2.01. The average Bonchev–Trinajstić information content (AvgIpc) is 1.85. The van der Waals surface area contributed by atoms with E-state index in [1.165, 1.54) is 0 Å². The fraction of sp³-hybridized carbons (Fsp3) is 0.857. The lowest BCUT2D eigenvalue weighted by Gasteiger charge is -2.11. The topological polar surface area (TPSA) is 23.8 Å². The van der Waals surface area contributed by atoms with Gasteiger partial charge in [0.1, 0.15) is 0 Å². The summed E-state index contributed by atoms with van der Waals surface area (Å²) in [5.74, 6) is 0.113. The van der Waals surface area contributed by atoms with E-state index < -0.39 is 0 Å². The van der Waals surface area contributed by atoms with Crippen molar-refractivity contribution < 1.29 is 0 Å². The monoisotopic (exact) mass is 271 g/mol. The van der Waals surface area contributed by atoms with Crippen LogP contribution in [0.5, 0.6) is 0 Å². The maximum Gasteiger partial charge on any atom is 0.0663 e. The Bertz CT molecular complexity index is 130. The molecule has 0 aliphatic rings. The Morgan fingerprint density at radius 3 is 2.40 bits per heavy atom. The predicted molar refractivity (Wildman–Crippen MR) is 52.5 cm³/mol. The highest BCUT2D eigenvalue weighted by Gasteiger charge is 2.14. The van der Waals surface area contributed by atoms with E-state index in [9.17, 15) is 0 Å². The Morgan fingerprint density at radius 1 is 1.60 bits per heavy atom. The van der Waals surface area contributed by atoms with Crippen LogP contribution in [0.2, 0.25) is 0 Å². The molecule has 0 aliphatic heterocycles. The Balaban J connectivity index is 3.64. The molecule has 0 N–H and O–H groups in total. The molecule has 0 amide bonds. The highest BCUT2D eigenvalue weighted by Crippen LogP contribution is 2.20. The lowest BCUT2D eigenvalue weighted by atomic mass is 10.1. The van der Waals surface area contributed by atoms with Crippen molar-refractivity contribution in [2.24, 2.45) is 5.92 Å². The van der Waals surface area contributed by atoms with Gasteiger partial charge in [-0.3, -0.25) is 0 Å². The first kappa shape index (κ1) is 10.5. The maximum atomic E-state index is 8.52. The van der Waals surface area contributed by atoms with E-state index >= 15 is 0 Å². The summed E-state index contributed by atoms with van der Waals surface area (Å²) >= 11 is 8.04. The van der Waals surface area contributed by atoms with Crippen molar-refractivity contribution in [3.63, 3.8) is 0 Å². The average molecular weight is 272 g/mol. The van der Waals surface area contributed by atoms with Crippen molar-refractivity contribution in [3.05, 3.63) is 0 Å². The second-order valence-corrected chi connectivity index (χ2v) is 4.80. The molecule has 0 aromatic carbocycles. The first-order chi connectivity index (χ1) is 4.57. The Morgan fingerprint density at radius 2 is 2.10 bits per heavy atom. The third-order valence-electron chi connectivity index (χ3n) is 1.30. The van der Waals surface area contributed by atoms with Crippen molar-refractivity contribution in [2.75, 3.05) is 0 Å². The molecule has 3 unspecified atom stereocenters. The third kappa shape index (κ3) is 4.35. The molecule has 0 fully saturated rings. The zero-order valence-electron chi connectivity index (χ0n) is 6.14. The predicted octanol–water partition coefficient (Wildman–Crippen LogP) is 2.97. The highest BCUT2D eigenvalue weighted by molar-refractivity contribution is 14.1. The van der Waals surface area contributed by atoms with Gasteiger partial charge in [0, 0.05) is 9.30 Å². The summed E-state index contributed by atoms with van der Waals surface area (Å²) in [5, 5.41) is 8.70. The molecule has 0 bridgehead atoms. The molecule has 0 saturated carbocycles. The molecule has 0 heterocycles. The van der Waals surface area contributed by atoms with Crippen LogP contribution in [-0.2, 0) is 0 Å². The van der Waals surface area contributed by atoms with E-state index in [1.54, 1.807) is 0 Å². The summed E-state index contributed by atoms with van der Waals surface area (Å²) in [6.45, 7) is 3.88. The van der Waals surface area contributed by atoms with E-state index in [1.807, 2.05) is 13.8 Å². The first-order valence-electron chi connectivity index (χ1n) is 3.25. The van der Waals surface area contributed by atoms with Crippen molar-refractivity contribution in [2.45, 2.75) is 29.6 Å². The van der Waals surface area contributed by atoms with Crippen LogP contribution in [0, 0.1) is 17.2 Å². The van der Waals surface area contributed by atoms with E-state index in [2.05, 4.69) is 28.7 Å². The molecule has 0 aliphatic carbocycles. The Labute approximate surface area is 80.9 Å². The molecule has 0 aromatic heterocycles. The van der Waals surface area contributed by atoms with Gasteiger partial charge in [-0.25, -0.2) is 0 Å². The molecule has 58 valence electrons. The molecule has 0 aromatic rings. The number of nitrogens with zero attached hydrogens (tertiary/aromatic N) is 1. The summed E-state index contributed by atoms with van der Waals surface area (Å²) in [5.41, 5.74) is 0. The summed E-state index contributed by atoms with van der Waals surface area (Å²) in [6.07, 6.45) is 0.914. The molecule has 0 saturated heterocycles. The minimum Gasteiger partial charge on any atom is -0.198 e. The van der Waals surface area contributed by atoms with Gasteiger partial charge in [-0.15, -0.1) is 11.6 Å². The molecule has 3 atom stereocenters. The molecule has 0 radical (unpaired) electrons. The van der Waals surface area contributed by atoms with E-state index in [4.69, 9.17) is 16.9 Å². The van der Waals surface area contributed by atoms with Crippen LogP contribution in [0.4, 0.5) is 0 Å². The van der Waals surface area contributed by atoms with Gasteiger partial charge in [0.2, 0.25) is 0 Å². The quantitative estimate of drug-likeness (QED) is 0.572. The number of rotatable bonds is 3. The van der Waals surface area contributed by atoms with Crippen LogP contribution >= 0.6 is 34.2 Å². The van der Waals surface area contributed by atoms with Gasteiger partial charge >= 0.3 is 0 Å². The van der Waals surface area contributed by atoms with E-state index in [-0.39, 0.29) is 11.3 Å². The van der Waals surface area contributed by atoms with Crippen LogP contribution in [0.15, 0.2) is 0 Å². The lowest BCUT2D eigenvalue weighted by molar-refractivity contribution is 0.650. The summed E-state index contributed by atoms with van der Waals surface area (Å²) in [7, 11) is 0. The summed E-state index contributed by atoms with van der Waals surface area (Å²) < 4.78 is 0.384. The van der Waals surface area contributed by atoms with Crippen molar-refractivity contribution in [1.82, 2.24) is 0 Å². The van der Waals surface area contributed by atoms with Gasteiger partial charge in [-0.1, -0.05) is 22.6 Å². The van der Waals surface area contributed by atoms with Crippen molar-refractivity contribution >= 4 is 34.2 Å². The second-order valence-electron chi connectivity index (χ2n) is 2.45. The fourth-order valence-electron chi connectivity index (χ4n) is 0.595. The number of alkyl halides is 2. The molecular weight excluding hydrogens is 260 g/mol. The molecular formula is C7H11ClIN. The van der Waals surface area contributed by atoms with Crippen molar-refractivity contribution in [3.8, 4) is 6.07 Å². The first-order valence-corrected chi connectivity index (χ1v) is 4.94. The van der Waals surface area contributed by atoms with Crippen molar-refractivity contribution in [1.29, 1.82) is 5.26 Å². The van der Waals surface area contributed by atoms with Gasteiger partial charge in [0.25, 0.3) is 0 Å². The van der Waals surface area contributed by atoms with Crippen LogP contribution in [0.3, 0.4) is 0 Å². The number of halogens is 2. The minimum absolute atomic E-state index is 0.113. The SMILES string of the molecule is CC(Cl)CC(I)C(C)C#N. The number of nitriles is 1. The van der Waals surface area contributed by atoms with Crippen LogP contribution in [0.25, 0.3) is 0 Å². The van der Waals surface area contributed by atoms with E-state index in [0.717, 1.165) is 6.42 Å². The van der Waals surface area contributed by atoms with Gasteiger partial charge in [-0.05, 0) is 20.3 Å². The summed E-state index contributed by atoms with van der Waals surface area (Å²) in [6, 6.07) is 2.20. The third-order valence-corrected chi connectivity index (χ3v) is 3.06. The van der Waals surface area contributed by atoms with Gasteiger partial charge in [-0.2, -0.15) is 5.26 Å². The summed E-state index contributed by atoms with van der Waals surface area (Å²) in [4.78, 5) is 0. The zero-order valence-corrected chi connectivity index (χ0v) is 9.06. The normalized spacial score (nSPS) is 19.1. The second kappa shape index (κ2) is 5.20. The standard InChI is InChI=1S/C7H11ClIN/c1-5(4-10)7(9)3-6(2)8/h5-7H,3H2,1-2H3. The molecule has 1 nitrogen and oxygen atoms in total. The number of hydrogen-bond acceptors (Lipinski definition) is 1. The Kier molecular flexibility index (Phi) is 5.46. The molecule has 0 rings (SSSR count). The van der Waals surface area contributed by atoms with Gasteiger partial charge in [0.15, 0.2) is 0 Å². The van der Waals surface area contributed by atoms with E-state index in [0.29, 0.717) is 3.92 Å². The van der Waals surface area contributed by atoms with Crippen LogP contribution < -0.4 is 0 Å². The largest absolute Gasteiger partial charge is 0.198 e. The number of hydrogen-bond donors (Lipinski definition) is 0. The van der Waals surface area contributed by atoms with Crippen LogP contribution in [-0.4, -0.2) is 9.30 Å². The van der Waals surface area contributed by atoms with Crippen LogP contribution in [0.1, 0.15) is 20.3 Å². The zero-order chi connectivity index (χ0) is 8.15. The smallest absolute Gasteiger partial charge is 0.0663 e. The molecule has 10 heavy (non-hydrogen) atoms. The minimum atomic E-state index is 0.113. The molecule has 3 heteroatoms. The highest BCUT2D eigenvalue weighted by atomic mass is 127. The van der Waals surface area contributed by atoms with Gasteiger partial charge in [0.05, 0.1) is 12.0 Å².